The van der Waals surface area contributed by atoms with Gasteiger partial charge in [-0.25, -0.2) is 4.98 Å². The summed E-state index contributed by atoms with van der Waals surface area (Å²) in [7, 11) is 0. The Kier molecular flexibility index (Phi) is 5.58. The molecule has 2 heterocycles. The summed E-state index contributed by atoms with van der Waals surface area (Å²) >= 11 is 1.56. The number of hydrogen-bond donors (Lipinski definition) is 0. The zero-order valence-corrected chi connectivity index (χ0v) is 18.3. The second-order valence-electron chi connectivity index (χ2n) is 9.06. The molecule has 1 saturated heterocycles. The lowest BCUT2D eigenvalue weighted by Gasteiger charge is -2.34. The molecule has 1 aliphatic heterocycles. The Morgan fingerprint density at radius 1 is 1.07 bits per heavy atom. The van der Waals surface area contributed by atoms with Crippen molar-refractivity contribution in [3.8, 4) is 0 Å². The molecule has 5 nitrogen and oxygen atoms in total. The second-order valence-corrected chi connectivity index (χ2v) is 10.1. The van der Waals surface area contributed by atoms with Gasteiger partial charge in [0, 0.05) is 38.2 Å². The molecule has 29 heavy (non-hydrogen) atoms. The SMILES string of the molecule is CC(C)(C)c1ccc(C(=O)N2CCN(Cc3nc4c(s3)C(=O)CCC4)CC2)cc1. The predicted octanol–water partition coefficient (Wildman–Crippen LogP) is 3.92. The van der Waals surface area contributed by atoms with E-state index in [0.29, 0.717) is 6.42 Å². The van der Waals surface area contributed by atoms with Crippen LogP contribution in [0, 0.1) is 0 Å². The van der Waals surface area contributed by atoms with Crippen LogP contribution in [0.3, 0.4) is 0 Å². The minimum absolute atomic E-state index is 0.0901. The minimum Gasteiger partial charge on any atom is -0.336 e. The van der Waals surface area contributed by atoms with E-state index in [0.717, 1.165) is 66.7 Å². The quantitative estimate of drug-likeness (QED) is 0.768. The average Bonchev–Trinajstić information content (AvgIpc) is 3.11. The maximum atomic E-state index is 12.9. The molecular formula is C23H29N3O2S. The van der Waals surface area contributed by atoms with E-state index < -0.39 is 0 Å². The summed E-state index contributed by atoms with van der Waals surface area (Å²) in [5.41, 5.74) is 3.09. The van der Waals surface area contributed by atoms with Crippen LogP contribution in [0.4, 0.5) is 0 Å². The molecule has 6 heteroatoms. The Morgan fingerprint density at radius 3 is 2.38 bits per heavy atom. The minimum atomic E-state index is 0.0901. The summed E-state index contributed by atoms with van der Waals surface area (Å²) < 4.78 is 0. The lowest BCUT2D eigenvalue weighted by molar-refractivity contribution is 0.0628. The lowest BCUT2D eigenvalue weighted by Crippen LogP contribution is -2.48. The van der Waals surface area contributed by atoms with Gasteiger partial charge in [0.2, 0.25) is 0 Å². The van der Waals surface area contributed by atoms with Crippen molar-refractivity contribution in [1.82, 2.24) is 14.8 Å². The molecule has 1 amide bonds. The van der Waals surface area contributed by atoms with E-state index in [4.69, 9.17) is 4.98 Å². The first-order chi connectivity index (χ1) is 13.8. The van der Waals surface area contributed by atoms with Crippen molar-refractivity contribution in [3.05, 3.63) is 51.0 Å². The number of fused-ring (bicyclic) bond motifs is 1. The van der Waals surface area contributed by atoms with E-state index in [1.54, 1.807) is 11.3 Å². The number of hydrogen-bond acceptors (Lipinski definition) is 5. The van der Waals surface area contributed by atoms with Crippen molar-refractivity contribution in [3.63, 3.8) is 0 Å². The van der Waals surface area contributed by atoms with Gasteiger partial charge in [0.15, 0.2) is 5.78 Å². The van der Waals surface area contributed by atoms with Crippen LogP contribution in [-0.2, 0) is 18.4 Å². The maximum absolute atomic E-state index is 12.9. The normalized spacial score (nSPS) is 18.0. The van der Waals surface area contributed by atoms with Crippen LogP contribution in [-0.4, -0.2) is 52.7 Å². The van der Waals surface area contributed by atoms with Crippen LogP contribution < -0.4 is 0 Å². The Balaban J connectivity index is 1.33. The molecule has 0 atom stereocenters. The van der Waals surface area contributed by atoms with Gasteiger partial charge >= 0.3 is 0 Å². The Bertz CT molecular complexity index is 903. The Morgan fingerprint density at radius 2 is 1.76 bits per heavy atom. The fourth-order valence-electron chi connectivity index (χ4n) is 3.98. The maximum Gasteiger partial charge on any atom is 0.253 e. The van der Waals surface area contributed by atoms with Crippen LogP contribution in [0.2, 0.25) is 0 Å². The highest BCUT2D eigenvalue weighted by molar-refractivity contribution is 7.13. The Hall–Kier alpha value is -2.05. The topological polar surface area (TPSA) is 53.5 Å². The molecule has 0 radical (unpaired) electrons. The van der Waals surface area contributed by atoms with Gasteiger partial charge in [0.25, 0.3) is 5.91 Å². The van der Waals surface area contributed by atoms with E-state index in [9.17, 15) is 9.59 Å². The van der Waals surface area contributed by atoms with E-state index in [2.05, 4.69) is 37.8 Å². The number of carbonyl (C=O) groups excluding carboxylic acids is 2. The predicted molar refractivity (Wildman–Crippen MR) is 116 cm³/mol. The van der Waals surface area contributed by atoms with Gasteiger partial charge in [-0.15, -0.1) is 11.3 Å². The third-order valence-electron chi connectivity index (χ3n) is 5.83. The third kappa shape index (κ3) is 4.43. The molecule has 0 spiro atoms. The molecule has 1 aromatic carbocycles. The summed E-state index contributed by atoms with van der Waals surface area (Å²) in [6, 6.07) is 8.03. The van der Waals surface area contributed by atoms with Crippen LogP contribution in [0.25, 0.3) is 0 Å². The average molecular weight is 412 g/mol. The largest absolute Gasteiger partial charge is 0.336 e. The molecule has 2 aromatic rings. The van der Waals surface area contributed by atoms with Crippen molar-refractivity contribution in [2.24, 2.45) is 0 Å². The van der Waals surface area contributed by atoms with Gasteiger partial charge in [-0.2, -0.15) is 0 Å². The number of carbonyl (C=O) groups is 2. The van der Waals surface area contributed by atoms with Crippen molar-refractivity contribution < 1.29 is 9.59 Å². The number of thiazole rings is 1. The first-order valence-electron chi connectivity index (χ1n) is 10.5. The monoisotopic (exact) mass is 411 g/mol. The molecule has 0 N–H and O–H groups in total. The van der Waals surface area contributed by atoms with Crippen LogP contribution >= 0.6 is 11.3 Å². The van der Waals surface area contributed by atoms with Crippen molar-refractivity contribution in [2.45, 2.75) is 52.0 Å². The molecular weight excluding hydrogens is 382 g/mol. The number of nitrogens with zero attached hydrogens (tertiary/aromatic N) is 3. The first-order valence-corrected chi connectivity index (χ1v) is 11.3. The summed E-state index contributed by atoms with van der Waals surface area (Å²) in [6.07, 6.45) is 2.51. The number of piperazine rings is 1. The molecule has 2 aliphatic rings. The number of aryl methyl sites for hydroxylation is 1. The standard InChI is InChI=1S/C23H29N3O2S/c1-23(2,3)17-9-7-16(8-10-17)22(28)26-13-11-25(12-14-26)15-20-24-18-5-4-6-19(27)21(18)29-20/h7-10H,4-6,11-15H2,1-3H3. The molecule has 1 fully saturated rings. The molecule has 0 saturated carbocycles. The number of rotatable bonds is 3. The van der Waals surface area contributed by atoms with E-state index in [1.165, 1.54) is 5.56 Å². The van der Waals surface area contributed by atoms with Gasteiger partial charge in [0.05, 0.1) is 17.1 Å². The molecule has 1 aromatic heterocycles. The van der Waals surface area contributed by atoms with Crippen LogP contribution in [0.1, 0.15) is 69.9 Å². The molecule has 0 bridgehead atoms. The highest BCUT2D eigenvalue weighted by Gasteiger charge is 2.26. The fourth-order valence-corrected chi connectivity index (χ4v) is 5.10. The molecule has 0 unspecified atom stereocenters. The Labute approximate surface area is 176 Å². The van der Waals surface area contributed by atoms with E-state index >= 15 is 0 Å². The highest BCUT2D eigenvalue weighted by atomic mass is 32.1. The lowest BCUT2D eigenvalue weighted by atomic mass is 9.86. The second kappa shape index (κ2) is 8.00. The molecule has 4 rings (SSSR count). The molecule has 154 valence electrons. The van der Waals surface area contributed by atoms with Crippen LogP contribution in [0.15, 0.2) is 24.3 Å². The summed E-state index contributed by atoms with van der Waals surface area (Å²) in [4.78, 5) is 34.7. The van der Waals surface area contributed by atoms with Gasteiger partial charge in [0.1, 0.15) is 5.01 Å². The van der Waals surface area contributed by atoms with Gasteiger partial charge in [-0.1, -0.05) is 32.9 Å². The first kappa shape index (κ1) is 20.2. The van der Waals surface area contributed by atoms with Gasteiger partial charge < -0.3 is 4.90 Å². The van der Waals surface area contributed by atoms with E-state index in [1.807, 2.05) is 17.0 Å². The molecule has 1 aliphatic carbocycles. The van der Waals surface area contributed by atoms with Crippen LogP contribution in [0.5, 0.6) is 0 Å². The number of benzene rings is 1. The number of aromatic nitrogens is 1. The van der Waals surface area contributed by atoms with E-state index in [-0.39, 0.29) is 17.1 Å². The summed E-state index contributed by atoms with van der Waals surface area (Å²) in [6.45, 7) is 10.4. The van der Waals surface area contributed by atoms with Crippen molar-refractivity contribution in [2.75, 3.05) is 26.2 Å². The third-order valence-corrected chi connectivity index (χ3v) is 6.95. The summed E-state index contributed by atoms with van der Waals surface area (Å²) in [5, 5.41) is 1.03. The zero-order valence-electron chi connectivity index (χ0n) is 17.5. The highest BCUT2D eigenvalue weighted by Crippen LogP contribution is 2.28. The number of Topliss-reactive ketones (excluding diaryl/α,β-unsaturated/α-hetero) is 1. The number of ketones is 1. The van der Waals surface area contributed by atoms with Gasteiger partial charge in [-0.3, -0.25) is 14.5 Å². The fraction of sp³-hybridized carbons (Fsp3) is 0.522. The number of amides is 1. The summed E-state index contributed by atoms with van der Waals surface area (Å²) in [5.74, 6) is 0.364. The smallest absolute Gasteiger partial charge is 0.253 e. The zero-order chi connectivity index (χ0) is 20.6. The van der Waals surface area contributed by atoms with Crippen molar-refractivity contribution in [1.29, 1.82) is 0 Å². The van der Waals surface area contributed by atoms with Crippen molar-refractivity contribution >= 4 is 23.0 Å². The van der Waals surface area contributed by atoms with Gasteiger partial charge in [-0.05, 0) is 36.0 Å².